The molecule has 3 aromatic rings. The summed E-state index contributed by atoms with van der Waals surface area (Å²) in [7, 11) is -2.92. The average Bonchev–Trinajstić information content (AvgIpc) is 2.91. The molecule has 1 amide bonds. The molecule has 0 spiro atoms. The first-order valence-corrected chi connectivity index (χ1v) is 15.0. The van der Waals surface area contributed by atoms with Gasteiger partial charge in [-0.05, 0) is 47.5 Å². The average molecular weight is 623 g/mol. The molecule has 41 heavy (non-hydrogen) atoms. The van der Waals surface area contributed by atoms with Crippen LogP contribution in [0.1, 0.15) is 17.2 Å². The number of methoxy groups -OCH3 is 1. The fourth-order valence-corrected chi connectivity index (χ4v) is 6.15. The molecule has 13 heteroatoms. The highest BCUT2D eigenvalue weighted by atomic mass is 35.5. The maximum atomic E-state index is 13.5. The van der Waals surface area contributed by atoms with Gasteiger partial charge in [0, 0.05) is 34.9 Å². The number of carbonyl (C=O) groups excluding carboxylic acids is 1. The molecule has 0 radical (unpaired) electrons. The van der Waals surface area contributed by atoms with Crippen LogP contribution in [0.2, 0.25) is 10.0 Å². The lowest BCUT2D eigenvalue weighted by molar-refractivity contribution is -0.139. The molecule has 218 valence electrons. The van der Waals surface area contributed by atoms with Crippen LogP contribution in [0.5, 0.6) is 5.75 Å². The van der Waals surface area contributed by atoms with Crippen molar-refractivity contribution in [2.75, 3.05) is 37.5 Å². The lowest BCUT2D eigenvalue weighted by atomic mass is 9.92. The number of aliphatic hydroxyl groups excluding tert-OH is 1. The highest BCUT2D eigenvalue weighted by molar-refractivity contribution is 7.90. The predicted octanol–water partition coefficient (Wildman–Crippen LogP) is 3.17. The van der Waals surface area contributed by atoms with Crippen molar-refractivity contribution in [2.24, 2.45) is 0 Å². The van der Waals surface area contributed by atoms with Crippen LogP contribution in [0, 0.1) is 0 Å². The van der Waals surface area contributed by atoms with Crippen LogP contribution in [0.15, 0.2) is 72.8 Å². The van der Waals surface area contributed by atoms with E-state index in [1.54, 1.807) is 48.5 Å². The number of rotatable bonds is 12. The Hall–Kier alpha value is -3.19. The lowest BCUT2D eigenvalue weighted by Crippen LogP contribution is -2.63. The van der Waals surface area contributed by atoms with Gasteiger partial charge in [0.1, 0.15) is 17.5 Å². The number of benzene rings is 3. The zero-order valence-corrected chi connectivity index (χ0v) is 24.3. The Bertz CT molecular complexity index is 1440. The first-order chi connectivity index (χ1) is 19.5. The zero-order chi connectivity index (χ0) is 29.7. The van der Waals surface area contributed by atoms with E-state index >= 15 is 0 Å². The van der Waals surface area contributed by atoms with Gasteiger partial charge in [-0.2, -0.15) is 4.72 Å². The fraction of sp³-hybridized carbons (Fsp3) is 0.286. The van der Waals surface area contributed by atoms with E-state index < -0.39 is 46.3 Å². The van der Waals surface area contributed by atoms with E-state index in [0.29, 0.717) is 34.6 Å². The molecule has 0 saturated carbocycles. The maximum absolute atomic E-state index is 13.5. The maximum Gasteiger partial charge on any atom is 0.324 e. The number of aliphatic hydroxyl groups is 1. The molecular weight excluding hydrogens is 593 g/mol. The van der Waals surface area contributed by atoms with E-state index in [1.807, 2.05) is 29.0 Å². The van der Waals surface area contributed by atoms with Gasteiger partial charge in [0.05, 0.1) is 25.8 Å². The van der Waals surface area contributed by atoms with E-state index in [1.165, 1.54) is 12.0 Å². The molecule has 4 rings (SSSR count). The third-order valence-corrected chi connectivity index (χ3v) is 8.48. The quantitative estimate of drug-likeness (QED) is 0.280. The standard InChI is InChI=1S/C28H29Cl2N3O7S/c1-40-24-4-2-3-22(13-24)33(26(35)17-41(38,39)31-25(16-34)28(36)37)23-14-32(15-23)27(18-5-9-20(29)10-6-18)19-7-11-21(30)12-8-19/h2-13,23,25,27,31,34H,14-17H2,1H3,(H,36,37). The van der Waals surface area contributed by atoms with Gasteiger partial charge in [-0.1, -0.05) is 53.5 Å². The van der Waals surface area contributed by atoms with Crippen LogP contribution in [0.4, 0.5) is 5.69 Å². The van der Waals surface area contributed by atoms with Crippen molar-refractivity contribution in [3.63, 3.8) is 0 Å². The molecular formula is C28H29Cl2N3O7S. The van der Waals surface area contributed by atoms with E-state index in [-0.39, 0.29) is 6.04 Å². The molecule has 0 bridgehead atoms. The third-order valence-electron chi connectivity index (χ3n) is 6.71. The number of anilines is 1. The van der Waals surface area contributed by atoms with Gasteiger partial charge in [0.2, 0.25) is 15.9 Å². The summed E-state index contributed by atoms with van der Waals surface area (Å²) in [4.78, 5) is 28.3. The van der Waals surface area contributed by atoms with E-state index in [2.05, 4.69) is 4.90 Å². The molecule has 1 atom stereocenters. The highest BCUT2D eigenvalue weighted by Gasteiger charge is 2.41. The summed E-state index contributed by atoms with van der Waals surface area (Å²) in [5.74, 6) is -2.85. The smallest absolute Gasteiger partial charge is 0.324 e. The Morgan fingerprint density at radius 3 is 2.07 bits per heavy atom. The topological polar surface area (TPSA) is 136 Å². The van der Waals surface area contributed by atoms with Crippen LogP contribution in [0.25, 0.3) is 0 Å². The van der Waals surface area contributed by atoms with Gasteiger partial charge in [0.15, 0.2) is 0 Å². The molecule has 1 saturated heterocycles. The SMILES string of the molecule is COc1cccc(N(C(=O)CS(=O)(=O)NC(CO)C(=O)O)C2CN(C(c3ccc(Cl)cc3)c3ccc(Cl)cc3)C2)c1. The number of hydrogen-bond donors (Lipinski definition) is 3. The fourth-order valence-electron chi connectivity index (χ4n) is 4.74. The first-order valence-electron chi connectivity index (χ1n) is 12.6. The Kier molecular flexibility index (Phi) is 9.90. The Labute approximate surface area is 248 Å². The summed E-state index contributed by atoms with van der Waals surface area (Å²) in [6, 6.07) is 19.3. The minimum atomic E-state index is -4.40. The Morgan fingerprint density at radius 1 is 1.02 bits per heavy atom. The lowest BCUT2D eigenvalue weighted by Gasteiger charge is -2.49. The van der Waals surface area contributed by atoms with Crippen LogP contribution in [-0.4, -0.2) is 80.0 Å². The Morgan fingerprint density at radius 2 is 1.59 bits per heavy atom. The normalized spacial score (nSPS) is 14.9. The van der Waals surface area contributed by atoms with E-state index in [9.17, 15) is 23.1 Å². The summed E-state index contributed by atoms with van der Waals surface area (Å²) in [5, 5.41) is 19.6. The molecule has 1 aliphatic heterocycles. The highest BCUT2D eigenvalue weighted by Crippen LogP contribution is 2.36. The van der Waals surface area contributed by atoms with Crippen molar-refractivity contribution < 1.29 is 33.0 Å². The van der Waals surface area contributed by atoms with Crippen LogP contribution in [0.3, 0.4) is 0 Å². The molecule has 3 aromatic carbocycles. The predicted molar refractivity (Wildman–Crippen MR) is 156 cm³/mol. The molecule has 3 N–H and O–H groups in total. The number of nitrogens with zero attached hydrogens (tertiary/aromatic N) is 2. The van der Waals surface area contributed by atoms with Gasteiger partial charge < -0.3 is 19.8 Å². The summed E-state index contributed by atoms with van der Waals surface area (Å²) < 4.78 is 32.6. The minimum Gasteiger partial charge on any atom is -0.497 e. The summed E-state index contributed by atoms with van der Waals surface area (Å²) in [6.07, 6.45) is 0. The first kappa shape index (κ1) is 30.8. The molecule has 1 unspecified atom stereocenters. The number of sulfonamides is 1. The molecule has 1 heterocycles. The van der Waals surface area contributed by atoms with E-state index in [0.717, 1.165) is 11.1 Å². The zero-order valence-electron chi connectivity index (χ0n) is 22.0. The Balaban J connectivity index is 1.62. The van der Waals surface area contributed by atoms with Gasteiger partial charge in [-0.3, -0.25) is 14.5 Å². The monoisotopic (exact) mass is 621 g/mol. The number of ether oxygens (including phenoxy) is 1. The van der Waals surface area contributed by atoms with Crippen molar-refractivity contribution in [3.8, 4) is 5.75 Å². The minimum absolute atomic E-state index is 0.186. The summed E-state index contributed by atoms with van der Waals surface area (Å²) >= 11 is 12.3. The molecule has 1 aliphatic rings. The second-order valence-corrected chi connectivity index (χ2v) is 12.2. The van der Waals surface area contributed by atoms with E-state index in [4.69, 9.17) is 33.0 Å². The molecule has 0 aliphatic carbocycles. The number of amides is 1. The largest absolute Gasteiger partial charge is 0.497 e. The molecule has 1 fully saturated rings. The molecule has 10 nitrogen and oxygen atoms in total. The van der Waals surface area contributed by atoms with Crippen LogP contribution in [-0.2, 0) is 19.6 Å². The number of nitrogens with one attached hydrogen (secondary N) is 1. The van der Waals surface area contributed by atoms with Gasteiger partial charge >= 0.3 is 5.97 Å². The third kappa shape index (κ3) is 7.56. The second kappa shape index (κ2) is 13.2. The van der Waals surface area contributed by atoms with Crippen molar-refractivity contribution >= 4 is 50.8 Å². The second-order valence-electron chi connectivity index (χ2n) is 9.53. The van der Waals surface area contributed by atoms with Crippen molar-refractivity contribution in [1.29, 1.82) is 0 Å². The van der Waals surface area contributed by atoms with Crippen LogP contribution < -0.4 is 14.4 Å². The number of halogens is 2. The number of likely N-dealkylation sites (tertiary alicyclic amines) is 1. The number of aliphatic carboxylic acids is 1. The number of carbonyl (C=O) groups is 2. The summed E-state index contributed by atoms with van der Waals surface area (Å²) in [6.45, 7) is -0.155. The number of hydrogen-bond acceptors (Lipinski definition) is 7. The molecule has 0 aromatic heterocycles. The van der Waals surface area contributed by atoms with Crippen LogP contribution >= 0.6 is 23.2 Å². The van der Waals surface area contributed by atoms with Crippen molar-refractivity contribution in [3.05, 3.63) is 94.0 Å². The van der Waals surface area contributed by atoms with Gasteiger partial charge in [-0.25, -0.2) is 8.42 Å². The summed E-state index contributed by atoms with van der Waals surface area (Å²) in [5.41, 5.74) is 2.38. The van der Waals surface area contributed by atoms with Crippen molar-refractivity contribution in [2.45, 2.75) is 18.1 Å². The van der Waals surface area contributed by atoms with Gasteiger partial charge in [-0.15, -0.1) is 0 Å². The van der Waals surface area contributed by atoms with Crippen molar-refractivity contribution in [1.82, 2.24) is 9.62 Å². The number of carboxylic acids is 1. The van der Waals surface area contributed by atoms with Gasteiger partial charge in [0.25, 0.3) is 0 Å². The number of carboxylic acid groups (broad SMARTS) is 1.